The summed E-state index contributed by atoms with van der Waals surface area (Å²) in [5.74, 6) is 0.170. The van der Waals surface area contributed by atoms with Gasteiger partial charge in [0.1, 0.15) is 5.82 Å². The molecule has 0 bridgehead atoms. The molecule has 0 amide bonds. The molecule has 1 heterocycles. The molecule has 2 aromatic carbocycles. The first-order valence-corrected chi connectivity index (χ1v) is 6.71. The Morgan fingerprint density at radius 3 is 2.67 bits per heavy atom. The Morgan fingerprint density at radius 1 is 1.19 bits per heavy atom. The average molecular weight is 303 g/mol. The van der Waals surface area contributed by atoms with Crippen LogP contribution in [0.5, 0.6) is 0 Å². The van der Waals surface area contributed by atoms with Gasteiger partial charge in [-0.05, 0) is 36.8 Å². The number of nitrogen functional groups attached to an aromatic ring is 1. The summed E-state index contributed by atoms with van der Waals surface area (Å²) in [6.07, 6.45) is 0. The van der Waals surface area contributed by atoms with Crippen molar-refractivity contribution in [3.63, 3.8) is 0 Å². The van der Waals surface area contributed by atoms with Gasteiger partial charge < -0.3 is 10.3 Å². The van der Waals surface area contributed by atoms with E-state index < -0.39 is 0 Å². The van der Waals surface area contributed by atoms with Crippen molar-refractivity contribution in [3.8, 4) is 22.5 Å². The van der Waals surface area contributed by atoms with E-state index in [1.165, 1.54) is 6.07 Å². The van der Waals surface area contributed by atoms with E-state index in [-0.39, 0.29) is 11.6 Å². The minimum Gasteiger partial charge on any atom is -0.380 e. The van der Waals surface area contributed by atoms with E-state index in [0.29, 0.717) is 27.5 Å². The van der Waals surface area contributed by atoms with Crippen LogP contribution in [-0.2, 0) is 0 Å². The van der Waals surface area contributed by atoms with Crippen LogP contribution in [0.3, 0.4) is 0 Å². The first kappa shape index (κ1) is 13.6. The maximum Gasteiger partial charge on any atom is 0.177 e. The lowest BCUT2D eigenvalue weighted by atomic mass is 10.00. The van der Waals surface area contributed by atoms with Gasteiger partial charge in [-0.25, -0.2) is 4.39 Å². The number of aryl methyl sites for hydroxylation is 1. The van der Waals surface area contributed by atoms with Crippen LogP contribution >= 0.6 is 11.6 Å². The molecule has 5 heteroatoms. The highest BCUT2D eigenvalue weighted by atomic mass is 35.5. The molecule has 0 spiro atoms. The van der Waals surface area contributed by atoms with Crippen LogP contribution in [0.1, 0.15) is 5.56 Å². The van der Waals surface area contributed by atoms with Crippen molar-refractivity contribution < 1.29 is 8.91 Å². The molecule has 0 aliphatic rings. The summed E-state index contributed by atoms with van der Waals surface area (Å²) in [4.78, 5) is 0. The molecule has 3 nitrogen and oxygen atoms in total. The second-order valence-electron chi connectivity index (χ2n) is 4.77. The zero-order chi connectivity index (χ0) is 15.0. The quantitative estimate of drug-likeness (QED) is 0.747. The summed E-state index contributed by atoms with van der Waals surface area (Å²) < 4.78 is 19.3. The average Bonchev–Trinajstić information content (AvgIpc) is 2.80. The van der Waals surface area contributed by atoms with Crippen LogP contribution in [0.25, 0.3) is 22.5 Å². The Kier molecular flexibility index (Phi) is 3.39. The number of anilines is 1. The Labute approximate surface area is 126 Å². The lowest BCUT2D eigenvalue weighted by Gasteiger charge is -2.05. The molecule has 3 rings (SSSR count). The third-order valence-electron chi connectivity index (χ3n) is 3.17. The molecule has 0 aliphatic heterocycles. The summed E-state index contributed by atoms with van der Waals surface area (Å²) in [5, 5.41) is 4.33. The summed E-state index contributed by atoms with van der Waals surface area (Å²) in [7, 11) is 0. The summed E-state index contributed by atoms with van der Waals surface area (Å²) in [6.45, 7) is 1.91. The number of hydrogen-bond donors (Lipinski definition) is 1. The molecule has 0 radical (unpaired) electrons. The van der Waals surface area contributed by atoms with Crippen molar-refractivity contribution in [2.45, 2.75) is 6.92 Å². The van der Waals surface area contributed by atoms with Crippen LogP contribution in [0.4, 0.5) is 10.2 Å². The fourth-order valence-electron chi connectivity index (χ4n) is 2.29. The van der Waals surface area contributed by atoms with Gasteiger partial charge in [0.2, 0.25) is 0 Å². The van der Waals surface area contributed by atoms with Crippen molar-refractivity contribution in [1.29, 1.82) is 0 Å². The van der Waals surface area contributed by atoms with E-state index in [9.17, 15) is 4.39 Å². The number of halogens is 2. The zero-order valence-corrected chi connectivity index (χ0v) is 12.0. The Bertz CT molecular complexity index is 794. The summed E-state index contributed by atoms with van der Waals surface area (Å²) >= 11 is 6.07. The normalized spacial score (nSPS) is 10.8. The van der Waals surface area contributed by atoms with Gasteiger partial charge in [0.25, 0.3) is 0 Å². The molecule has 3 aromatic rings. The molecule has 2 N–H and O–H groups in total. The van der Waals surface area contributed by atoms with Gasteiger partial charge in [0.15, 0.2) is 11.6 Å². The molecule has 0 aliphatic carbocycles. The fraction of sp³-hybridized carbons (Fsp3) is 0.0625. The predicted molar refractivity (Wildman–Crippen MR) is 81.5 cm³/mol. The largest absolute Gasteiger partial charge is 0.380 e. The number of nitrogens with zero attached hydrogens (tertiary/aromatic N) is 1. The first-order valence-electron chi connectivity index (χ1n) is 6.34. The molecule has 0 saturated heterocycles. The molecule has 0 fully saturated rings. The number of rotatable bonds is 2. The van der Waals surface area contributed by atoms with Crippen LogP contribution in [0, 0.1) is 12.7 Å². The van der Waals surface area contributed by atoms with E-state index in [1.54, 1.807) is 24.3 Å². The number of benzene rings is 2. The number of aromatic nitrogens is 1. The van der Waals surface area contributed by atoms with Gasteiger partial charge in [-0.3, -0.25) is 0 Å². The Hall–Kier alpha value is -2.33. The minimum atomic E-state index is -0.382. The van der Waals surface area contributed by atoms with E-state index in [1.807, 2.05) is 19.1 Å². The van der Waals surface area contributed by atoms with Gasteiger partial charge in [-0.2, -0.15) is 0 Å². The third-order valence-corrected chi connectivity index (χ3v) is 3.38. The minimum absolute atomic E-state index is 0.146. The first-order chi connectivity index (χ1) is 10.1. The van der Waals surface area contributed by atoms with Crippen molar-refractivity contribution in [3.05, 3.63) is 58.9 Å². The fourth-order valence-corrected chi connectivity index (χ4v) is 2.58. The SMILES string of the molecule is Cc1cc(Cl)cc(-c2onc(N)c2-c2ccccc2F)c1. The van der Waals surface area contributed by atoms with Crippen molar-refractivity contribution in [2.24, 2.45) is 0 Å². The van der Waals surface area contributed by atoms with E-state index >= 15 is 0 Å². The van der Waals surface area contributed by atoms with Crippen molar-refractivity contribution in [2.75, 3.05) is 5.73 Å². The number of hydrogen-bond acceptors (Lipinski definition) is 3. The van der Waals surface area contributed by atoms with Crippen molar-refractivity contribution >= 4 is 17.4 Å². The van der Waals surface area contributed by atoms with Gasteiger partial charge >= 0.3 is 0 Å². The van der Waals surface area contributed by atoms with E-state index in [0.717, 1.165) is 5.56 Å². The molecule has 21 heavy (non-hydrogen) atoms. The smallest absolute Gasteiger partial charge is 0.177 e. The Morgan fingerprint density at radius 2 is 1.95 bits per heavy atom. The summed E-state index contributed by atoms with van der Waals surface area (Å²) in [5.41, 5.74) is 8.32. The van der Waals surface area contributed by atoms with Crippen LogP contribution in [0.2, 0.25) is 5.02 Å². The molecular formula is C16H12ClFN2O. The zero-order valence-electron chi connectivity index (χ0n) is 11.2. The maximum absolute atomic E-state index is 14.0. The van der Waals surface area contributed by atoms with Gasteiger partial charge in [0.05, 0.1) is 5.56 Å². The topological polar surface area (TPSA) is 52.0 Å². The van der Waals surface area contributed by atoms with E-state index in [4.69, 9.17) is 21.9 Å². The second kappa shape index (κ2) is 5.22. The van der Waals surface area contributed by atoms with Crippen LogP contribution in [-0.4, -0.2) is 5.16 Å². The standard InChI is InChI=1S/C16H12ClFN2O/c1-9-6-10(8-11(17)7-9)15-14(16(19)20-21-15)12-4-2-3-5-13(12)18/h2-8H,1H3,(H2,19,20). The number of nitrogens with two attached hydrogens (primary N) is 1. The highest BCUT2D eigenvalue weighted by Crippen LogP contribution is 2.38. The Balaban J connectivity index is 2.24. The van der Waals surface area contributed by atoms with Gasteiger partial charge in [-0.15, -0.1) is 0 Å². The molecule has 0 atom stereocenters. The van der Waals surface area contributed by atoms with Gasteiger partial charge in [0, 0.05) is 16.1 Å². The monoisotopic (exact) mass is 302 g/mol. The van der Waals surface area contributed by atoms with Crippen LogP contribution < -0.4 is 5.73 Å². The lowest BCUT2D eigenvalue weighted by molar-refractivity contribution is 0.436. The predicted octanol–water partition coefficient (Wildman–Crippen LogP) is 4.69. The van der Waals surface area contributed by atoms with Crippen molar-refractivity contribution in [1.82, 2.24) is 5.16 Å². The molecule has 1 aromatic heterocycles. The third kappa shape index (κ3) is 2.50. The maximum atomic E-state index is 14.0. The molecule has 0 saturated carbocycles. The van der Waals surface area contributed by atoms with Gasteiger partial charge in [-0.1, -0.05) is 35.0 Å². The summed E-state index contributed by atoms with van der Waals surface area (Å²) in [6, 6.07) is 11.8. The van der Waals surface area contributed by atoms with Crippen LogP contribution in [0.15, 0.2) is 47.0 Å². The lowest BCUT2D eigenvalue weighted by Crippen LogP contribution is -1.91. The molecule has 0 unspecified atom stereocenters. The van der Waals surface area contributed by atoms with E-state index in [2.05, 4.69) is 5.16 Å². The highest BCUT2D eigenvalue weighted by Gasteiger charge is 2.20. The second-order valence-corrected chi connectivity index (χ2v) is 5.21. The molecule has 106 valence electrons. The molecular weight excluding hydrogens is 291 g/mol. The highest BCUT2D eigenvalue weighted by molar-refractivity contribution is 6.31.